The van der Waals surface area contributed by atoms with Crippen LogP contribution in [0.3, 0.4) is 0 Å². The first kappa shape index (κ1) is 18.9. The van der Waals surface area contributed by atoms with E-state index >= 15 is 0 Å². The maximum absolute atomic E-state index is 11.9. The van der Waals surface area contributed by atoms with Crippen molar-refractivity contribution in [3.63, 3.8) is 0 Å². The molecule has 0 aliphatic heterocycles. The highest BCUT2D eigenvalue weighted by molar-refractivity contribution is 9.10. The molecule has 0 saturated carbocycles. The van der Waals surface area contributed by atoms with Gasteiger partial charge in [-0.1, -0.05) is 28.1 Å². The van der Waals surface area contributed by atoms with Gasteiger partial charge in [0, 0.05) is 23.9 Å². The maximum atomic E-state index is 11.9. The molecule has 8 heteroatoms. The largest absolute Gasteiger partial charge is 0.454 e. The maximum Gasteiger partial charge on any atom is 0.326 e. The standard InChI is InChI=1S/C17H19BrN4O3/c1-12(13-4-6-14(18)7-5-13)21-15(23)11-25-16(24)10-22(2)17-19-8-3-9-20-17/h3-9,12H,10-11H2,1-2H3,(H,21,23)/t12-/m0/s1. The summed E-state index contributed by atoms with van der Waals surface area (Å²) < 4.78 is 5.96. The number of benzene rings is 1. The number of hydrogen-bond donors (Lipinski definition) is 1. The monoisotopic (exact) mass is 406 g/mol. The van der Waals surface area contributed by atoms with Gasteiger partial charge in [-0.15, -0.1) is 0 Å². The van der Waals surface area contributed by atoms with Crippen LogP contribution < -0.4 is 10.2 Å². The molecular formula is C17H19BrN4O3. The molecule has 1 heterocycles. The first-order valence-corrected chi connectivity index (χ1v) is 8.43. The summed E-state index contributed by atoms with van der Waals surface area (Å²) in [6, 6.07) is 9.14. The second-order valence-electron chi connectivity index (χ2n) is 5.41. The third-order valence-electron chi connectivity index (χ3n) is 3.37. The van der Waals surface area contributed by atoms with Crippen molar-refractivity contribution in [1.29, 1.82) is 0 Å². The van der Waals surface area contributed by atoms with Gasteiger partial charge >= 0.3 is 5.97 Å². The summed E-state index contributed by atoms with van der Waals surface area (Å²) in [5, 5.41) is 2.79. The number of nitrogens with zero attached hydrogens (tertiary/aromatic N) is 3. The zero-order valence-corrected chi connectivity index (χ0v) is 15.6. The van der Waals surface area contributed by atoms with Crippen molar-refractivity contribution < 1.29 is 14.3 Å². The molecule has 0 spiro atoms. The van der Waals surface area contributed by atoms with Crippen LogP contribution in [0.4, 0.5) is 5.95 Å². The predicted molar refractivity (Wildman–Crippen MR) is 97.0 cm³/mol. The molecule has 1 aromatic heterocycles. The van der Waals surface area contributed by atoms with Crippen molar-refractivity contribution in [2.45, 2.75) is 13.0 Å². The minimum atomic E-state index is -0.526. The van der Waals surface area contributed by atoms with Gasteiger partial charge < -0.3 is 15.0 Å². The fraction of sp³-hybridized carbons (Fsp3) is 0.294. The summed E-state index contributed by atoms with van der Waals surface area (Å²) in [4.78, 5) is 33.3. The molecular weight excluding hydrogens is 388 g/mol. The molecule has 0 aliphatic rings. The molecule has 25 heavy (non-hydrogen) atoms. The molecule has 2 aromatic rings. The SMILES string of the molecule is C[C@H](NC(=O)COC(=O)CN(C)c1ncccn1)c1ccc(Br)cc1. The van der Waals surface area contributed by atoms with Crippen molar-refractivity contribution in [1.82, 2.24) is 15.3 Å². The Morgan fingerprint density at radius 2 is 1.88 bits per heavy atom. The lowest BCUT2D eigenvalue weighted by atomic mass is 10.1. The van der Waals surface area contributed by atoms with E-state index in [1.807, 2.05) is 31.2 Å². The molecule has 0 radical (unpaired) electrons. The topological polar surface area (TPSA) is 84.4 Å². The van der Waals surface area contributed by atoms with Gasteiger partial charge in [0.15, 0.2) is 6.61 Å². The summed E-state index contributed by atoms with van der Waals surface area (Å²) in [6.45, 7) is 1.49. The fourth-order valence-electron chi connectivity index (χ4n) is 2.06. The number of amides is 1. The van der Waals surface area contributed by atoms with E-state index in [-0.39, 0.29) is 25.1 Å². The summed E-state index contributed by atoms with van der Waals surface area (Å²) >= 11 is 3.36. The van der Waals surface area contributed by atoms with Crippen LogP contribution in [-0.2, 0) is 14.3 Å². The number of hydrogen-bond acceptors (Lipinski definition) is 6. The van der Waals surface area contributed by atoms with Crippen LogP contribution in [0.1, 0.15) is 18.5 Å². The van der Waals surface area contributed by atoms with Gasteiger partial charge in [-0.05, 0) is 30.7 Å². The minimum absolute atomic E-state index is 0.0421. The molecule has 1 N–H and O–H groups in total. The Hall–Kier alpha value is -2.48. The molecule has 1 aromatic carbocycles. The number of anilines is 1. The molecule has 0 aliphatic carbocycles. The highest BCUT2D eigenvalue weighted by Crippen LogP contribution is 2.16. The van der Waals surface area contributed by atoms with Crippen molar-refractivity contribution in [2.24, 2.45) is 0 Å². The van der Waals surface area contributed by atoms with Crippen LogP contribution in [0.2, 0.25) is 0 Å². The molecule has 0 bridgehead atoms. The zero-order valence-electron chi connectivity index (χ0n) is 14.0. The number of likely N-dealkylation sites (N-methyl/N-ethyl adjacent to an activating group) is 1. The molecule has 7 nitrogen and oxygen atoms in total. The van der Waals surface area contributed by atoms with Crippen LogP contribution in [0, 0.1) is 0 Å². The Morgan fingerprint density at radius 1 is 1.24 bits per heavy atom. The molecule has 0 saturated heterocycles. The third kappa shape index (κ3) is 6.15. The van der Waals surface area contributed by atoms with Crippen LogP contribution >= 0.6 is 15.9 Å². The quantitative estimate of drug-likeness (QED) is 0.708. The predicted octanol–water partition coefficient (Wildman–Crippen LogP) is 2.10. The van der Waals surface area contributed by atoms with Gasteiger partial charge in [0.1, 0.15) is 6.54 Å². The first-order chi connectivity index (χ1) is 12.0. The summed E-state index contributed by atoms with van der Waals surface area (Å²) in [6.07, 6.45) is 3.17. The van der Waals surface area contributed by atoms with Gasteiger partial charge in [-0.3, -0.25) is 9.59 Å². The molecule has 1 atom stereocenters. The van der Waals surface area contributed by atoms with Gasteiger partial charge in [0.05, 0.1) is 6.04 Å². The van der Waals surface area contributed by atoms with Crippen molar-refractivity contribution >= 4 is 33.8 Å². The van der Waals surface area contributed by atoms with E-state index in [4.69, 9.17) is 4.74 Å². The van der Waals surface area contributed by atoms with E-state index in [9.17, 15) is 9.59 Å². The van der Waals surface area contributed by atoms with Crippen molar-refractivity contribution in [2.75, 3.05) is 25.1 Å². The number of rotatable bonds is 7. The average Bonchev–Trinajstić information content (AvgIpc) is 2.61. The number of carbonyl (C=O) groups excluding carboxylic acids is 2. The Kier molecular flexibility index (Phi) is 6.88. The van der Waals surface area contributed by atoms with Crippen LogP contribution in [-0.4, -0.2) is 42.0 Å². The van der Waals surface area contributed by atoms with Gasteiger partial charge in [0.2, 0.25) is 5.95 Å². The number of esters is 1. The molecule has 0 fully saturated rings. The Morgan fingerprint density at radius 3 is 2.52 bits per heavy atom. The summed E-state index contributed by atoms with van der Waals surface area (Å²) in [5.41, 5.74) is 0.962. The molecule has 0 unspecified atom stereocenters. The Balaban J connectivity index is 1.75. The number of halogens is 1. The lowest BCUT2D eigenvalue weighted by molar-refractivity contribution is -0.147. The van der Waals surface area contributed by atoms with E-state index in [2.05, 4.69) is 31.2 Å². The zero-order chi connectivity index (χ0) is 18.2. The lowest BCUT2D eigenvalue weighted by Gasteiger charge is -2.16. The second kappa shape index (κ2) is 9.12. The summed E-state index contributed by atoms with van der Waals surface area (Å²) in [5.74, 6) is -0.475. The highest BCUT2D eigenvalue weighted by Gasteiger charge is 2.14. The minimum Gasteiger partial charge on any atom is -0.454 e. The third-order valence-corrected chi connectivity index (χ3v) is 3.90. The normalized spacial score (nSPS) is 11.5. The first-order valence-electron chi connectivity index (χ1n) is 7.64. The van der Waals surface area contributed by atoms with Gasteiger partial charge in [-0.2, -0.15) is 0 Å². The van der Waals surface area contributed by atoms with E-state index in [1.54, 1.807) is 30.4 Å². The fourth-order valence-corrected chi connectivity index (χ4v) is 2.33. The van der Waals surface area contributed by atoms with E-state index in [1.165, 1.54) is 0 Å². The average molecular weight is 407 g/mol. The van der Waals surface area contributed by atoms with E-state index in [0.717, 1.165) is 10.0 Å². The van der Waals surface area contributed by atoms with Crippen LogP contribution in [0.25, 0.3) is 0 Å². The Labute approximate surface area is 154 Å². The molecule has 2 rings (SSSR count). The smallest absolute Gasteiger partial charge is 0.326 e. The van der Waals surface area contributed by atoms with Crippen LogP contribution in [0.5, 0.6) is 0 Å². The lowest BCUT2D eigenvalue weighted by Crippen LogP contribution is -2.34. The summed E-state index contributed by atoms with van der Waals surface area (Å²) in [7, 11) is 1.67. The molecule has 1 amide bonds. The molecule has 132 valence electrons. The highest BCUT2D eigenvalue weighted by atomic mass is 79.9. The number of ether oxygens (including phenoxy) is 1. The van der Waals surface area contributed by atoms with Crippen molar-refractivity contribution in [3.8, 4) is 0 Å². The van der Waals surface area contributed by atoms with Gasteiger partial charge in [-0.25, -0.2) is 9.97 Å². The van der Waals surface area contributed by atoms with Crippen molar-refractivity contribution in [3.05, 3.63) is 52.8 Å². The van der Waals surface area contributed by atoms with E-state index < -0.39 is 5.97 Å². The number of aromatic nitrogens is 2. The van der Waals surface area contributed by atoms with E-state index in [0.29, 0.717) is 5.95 Å². The second-order valence-corrected chi connectivity index (χ2v) is 6.32. The number of carbonyl (C=O) groups is 2. The van der Waals surface area contributed by atoms with Crippen LogP contribution in [0.15, 0.2) is 47.2 Å². The van der Waals surface area contributed by atoms with Gasteiger partial charge in [0.25, 0.3) is 5.91 Å². The Bertz CT molecular complexity index is 710. The number of nitrogens with one attached hydrogen (secondary N) is 1.